The van der Waals surface area contributed by atoms with Gasteiger partial charge in [-0.2, -0.15) is 0 Å². The van der Waals surface area contributed by atoms with Crippen LogP contribution in [0.1, 0.15) is 0 Å². The van der Waals surface area contributed by atoms with Crippen LogP contribution in [-0.2, 0) is 5.04 Å². The van der Waals surface area contributed by atoms with Crippen molar-refractivity contribution in [3.63, 3.8) is 0 Å². The molecule has 1 aliphatic rings. The van der Waals surface area contributed by atoms with Gasteiger partial charge in [-0.3, -0.25) is 5.21 Å². The molecule has 0 amide bonds. The molecule has 0 radical (unpaired) electrons. The van der Waals surface area contributed by atoms with E-state index in [2.05, 4.69) is 5.04 Å². The molecule has 0 saturated carbocycles. The second kappa shape index (κ2) is 5.39. The maximum absolute atomic E-state index is 12.5. The third kappa shape index (κ3) is 2.14. The molecule has 1 aliphatic heterocycles. The molecular formula is C18H12FNO3. The number of benzene rings is 3. The smallest absolute Gasteiger partial charge is 0.163 e. The van der Waals surface area contributed by atoms with Crippen LogP contribution in [-0.4, -0.2) is 5.21 Å². The fourth-order valence-electron chi connectivity index (χ4n) is 2.87. The van der Waals surface area contributed by atoms with Crippen molar-refractivity contribution in [1.29, 1.82) is 0 Å². The molecule has 1 heterocycles. The van der Waals surface area contributed by atoms with Crippen molar-refractivity contribution in [1.82, 2.24) is 0 Å². The van der Waals surface area contributed by atoms with Gasteiger partial charge in [-0.15, -0.1) is 0 Å². The summed E-state index contributed by atoms with van der Waals surface area (Å²) in [6.07, 6.45) is 0. The van der Waals surface area contributed by atoms with E-state index in [1.54, 1.807) is 6.07 Å². The maximum atomic E-state index is 12.5. The van der Waals surface area contributed by atoms with Gasteiger partial charge in [0.25, 0.3) is 0 Å². The van der Waals surface area contributed by atoms with Crippen molar-refractivity contribution >= 4 is 5.69 Å². The summed E-state index contributed by atoms with van der Waals surface area (Å²) in [5.74, 6) is 0.948. The summed E-state index contributed by atoms with van der Waals surface area (Å²) >= 11 is 0. The van der Waals surface area contributed by atoms with Gasteiger partial charge in [0.1, 0.15) is 11.4 Å². The highest BCUT2D eigenvalue weighted by atomic mass is 19.3. The van der Waals surface area contributed by atoms with Crippen LogP contribution < -0.4 is 9.96 Å². The molecule has 5 heteroatoms. The second-order valence-electron chi connectivity index (χ2n) is 5.14. The van der Waals surface area contributed by atoms with Crippen molar-refractivity contribution in [3.8, 4) is 33.8 Å². The minimum atomic E-state index is 0.0510. The lowest BCUT2D eigenvalue weighted by atomic mass is 9.94. The zero-order chi connectivity index (χ0) is 15.8. The monoisotopic (exact) mass is 309 g/mol. The Balaban J connectivity index is 2.06. The summed E-state index contributed by atoms with van der Waals surface area (Å²) in [7, 11) is 0. The summed E-state index contributed by atoms with van der Waals surface area (Å²) in [5, 5.41) is 13.1. The molecule has 0 aromatic heterocycles. The highest BCUT2D eigenvalue weighted by Gasteiger charge is 2.24. The molecule has 0 spiro atoms. The molecule has 3 aromatic carbocycles. The Morgan fingerprint density at radius 3 is 2.13 bits per heavy atom. The summed E-state index contributed by atoms with van der Waals surface area (Å²) in [5.41, 5.74) is 3.68. The molecular weight excluding hydrogens is 297 g/mol. The zero-order valence-electron chi connectivity index (χ0n) is 11.9. The predicted octanol–water partition coefficient (Wildman–Crippen LogP) is 5.14. The Morgan fingerprint density at radius 1 is 0.783 bits per heavy atom. The largest absolute Gasteiger partial charge is 0.454 e. The fourth-order valence-corrected chi connectivity index (χ4v) is 2.87. The van der Waals surface area contributed by atoms with Gasteiger partial charge in [-0.1, -0.05) is 59.8 Å². The van der Waals surface area contributed by atoms with E-state index in [1.165, 1.54) is 6.07 Å². The highest BCUT2D eigenvalue weighted by Crippen LogP contribution is 2.49. The van der Waals surface area contributed by atoms with E-state index in [4.69, 9.17) is 4.74 Å². The van der Waals surface area contributed by atoms with E-state index in [0.717, 1.165) is 22.3 Å². The molecule has 114 valence electrons. The number of ether oxygens (including phenoxy) is 1. The average molecular weight is 309 g/mol. The number of para-hydroxylation sites is 2. The first-order valence-corrected chi connectivity index (χ1v) is 7.07. The minimum absolute atomic E-state index is 0.0510. The van der Waals surface area contributed by atoms with Crippen molar-refractivity contribution in [2.45, 2.75) is 0 Å². The molecule has 4 nitrogen and oxygen atoms in total. The van der Waals surface area contributed by atoms with E-state index in [-0.39, 0.29) is 10.9 Å². The van der Waals surface area contributed by atoms with Crippen LogP contribution in [0.4, 0.5) is 10.2 Å². The van der Waals surface area contributed by atoms with Crippen LogP contribution in [0, 0.1) is 0 Å². The minimum Gasteiger partial charge on any atom is -0.454 e. The number of anilines is 1. The zero-order valence-corrected chi connectivity index (χ0v) is 11.9. The molecule has 0 atom stereocenters. The van der Waals surface area contributed by atoms with Crippen molar-refractivity contribution in [2.24, 2.45) is 0 Å². The van der Waals surface area contributed by atoms with Crippen molar-refractivity contribution in [2.75, 3.05) is 5.23 Å². The van der Waals surface area contributed by atoms with Gasteiger partial charge in [0.15, 0.2) is 5.75 Å². The number of halogens is 1. The van der Waals surface area contributed by atoms with Gasteiger partial charge in [-0.05, 0) is 32.8 Å². The van der Waals surface area contributed by atoms with E-state index < -0.39 is 0 Å². The lowest BCUT2D eigenvalue weighted by Gasteiger charge is -2.17. The third-order valence-electron chi connectivity index (χ3n) is 3.87. The Hall–Kier alpha value is -2.89. The van der Waals surface area contributed by atoms with Crippen LogP contribution in [0.15, 0.2) is 66.7 Å². The first-order valence-electron chi connectivity index (χ1n) is 7.07. The first-order chi connectivity index (χ1) is 11.3. The van der Waals surface area contributed by atoms with Gasteiger partial charge in [0, 0.05) is 11.1 Å². The summed E-state index contributed by atoms with van der Waals surface area (Å²) in [6.45, 7) is 0. The number of hydrogen-bond acceptors (Lipinski definition) is 4. The lowest BCUT2D eigenvalue weighted by Crippen LogP contribution is -2.14. The third-order valence-corrected chi connectivity index (χ3v) is 3.87. The Bertz CT molecular complexity index is 882. The molecule has 0 saturated heterocycles. The van der Waals surface area contributed by atoms with Crippen LogP contribution >= 0.6 is 0 Å². The molecule has 0 unspecified atom stereocenters. The van der Waals surface area contributed by atoms with Crippen molar-refractivity contribution in [3.05, 3.63) is 66.7 Å². The molecule has 3 aromatic rings. The molecule has 23 heavy (non-hydrogen) atoms. The quantitative estimate of drug-likeness (QED) is 0.521. The number of nitrogens with zero attached hydrogens (tertiary/aromatic N) is 1. The first kappa shape index (κ1) is 13.8. The molecule has 1 N–H and O–H groups in total. The van der Waals surface area contributed by atoms with Gasteiger partial charge < -0.3 is 4.74 Å². The average Bonchev–Trinajstić information content (AvgIpc) is 2.75. The number of hydrogen-bond donors (Lipinski definition) is 1. The predicted molar refractivity (Wildman–Crippen MR) is 83.8 cm³/mol. The molecule has 4 rings (SSSR count). The van der Waals surface area contributed by atoms with Crippen LogP contribution in [0.25, 0.3) is 22.3 Å². The van der Waals surface area contributed by atoms with Gasteiger partial charge in [-0.25, -0.2) is 0 Å². The molecule has 0 fully saturated rings. The second-order valence-corrected chi connectivity index (χ2v) is 5.14. The SMILES string of the molecule is ON(OF)c1cccc2c1Oc1ccccc1-c1ccccc1-2. The van der Waals surface area contributed by atoms with E-state index in [1.807, 2.05) is 54.6 Å². The van der Waals surface area contributed by atoms with E-state index >= 15 is 0 Å². The standard InChI is InChI=1S/C18H12FNO3/c19-23-20(21)16-10-5-9-15-13-7-2-1-6-12(13)14-8-3-4-11-17(14)22-18(15)16/h1-11,21H. The van der Waals surface area contributed by atoms with Crippen LogP contribution in [0.3, 0.4) is 0 Å². The summed E-state index contributed by atoms with van der Waals surface area (Å²) in [4.78, 5) is 0. The van der Waals surface area contributed by atoms with Gasteiger partial charge >= 0.3 is 0 Å². The Morgan fingerprint density at radius 2 is 1.39 bits per heavy atom. The number of fused-ring (bicyclic) bond motifs is 5. The summed E-state index contributed by atoms with van der Waals surface area (Å²) < 4.78 is 18.4. The van der Waals surface area contributed by atoms with Gasteiger partial charge in [0.2, 0.25) is 0 Å². The Labute approximate surface area is 131 Å². The number of rotatable bonds is 2. The molecule has 0 bridgehead atoms. The topological polar surface area (TPSA) is 41.9 Å². The van der Waals surface area contributed by atoms with Crippen LogP contribution in [0.5, 0.6) is 11.5 Å². The highest BCUT2D eigenvalue weighted by molar-refractivity contribution is 5.92. The fraction of sp³-hybridized carbons (Fsp3) is 0. The van der Waals surface area contributed by atoms with Gasteiger partial charge in [0.05, 0.1) is 0 Å². The normalized spacial score (nSPS) is 11.6. The van der Waals surface area contributed by atoms with Crippen molar-refractivity contribution < 1.29 is 19.5 Å². The van der Waals surface area contributed by atoms with E-state index in [0.29, 0.717) is 11.5 Å². The molecule has 0 aliphatic carbocycles. The van der Waals surface area contributed by atoms with Crippen LogP contribution in [0.2, 0.25) is 0 Å². The van der Waals surface area contributed by atoms with E-state index in [9.17, 15) is 9.73 Å². The maximum Gasteiger partial charge on any atom is 0.163 e. The lowest BCUT2D eigenvalue weighted by molar-refractivity contribution is -0.218. The summed E-state index contributed by atoms with van der Waals surface area (Å²) in [6, 6.07) is 20.5. The Kier molecular flexibility index (Phi) is 3.22.